The van der Waals surface area contributed by atoms with Crippen molar-refractivity contribution in [1.82, 2.24) is 9.78 Å². The van der Waals surface area contributed by atoms with Crippen molar-refractivity contribution in [3.63, 3.8) is 0 Å². The minimum Gasteiger partial charge on any atom is -0.507 e. The van der Waals surface area contributed by atoms with Gasteiger partial charge >= 0.3 is 0 Å². The minimum atomic E-state index is 0.266. The molecule has 3 nitrogen and oxygen atoms in total. The molecule has 0 spiro atoms. The summed E-state index contributed by atoms with van der Waals surface area (Å²) in [6.45, 7) is 1.96. The highest BCUT2D eigenvalue weighted by Gasteiger charge is 2.11. The predicted molar refractivity (Wildman–Crippen MR) is 80.5 cm³/mol. The molecule has 3 aromatic rings. The number of phenols is 1. The van der Waals surface area contributed by atoms with Crippen molar-refractivity contribution in [1.29, 1.82) is 0 Å². The zero-order chi connectivity index (χ0) is 14.1. The summed E-state index contributed by atoms with van der Waals surface area (Å²) in [5.41, 5.74) is 4.71. The molecule has 0 aliphatic rings. The van der Waals surface area contributed by atoms with Gasteiger partial charge in [-0.3, -0.25) is 4.68 Å². The number of nitrogens with zero attached hydrogens (tertiary/aromatic N) is 2. The van der Waals surface area contributed by atoms with Crippen LogP contribution in [-0.4, -0.2) is 14.9 Å². The van der Waals surface area contributed by atoms with Gasteiger partial charge in [0.15, 0.2) is 0 Å². The molecule has 0 radical (unpaired) electrons. The molecule has 1 aromatic heterocycles. The molecule has 0 unspecified atom stereocenters. The third-order valence-electron chi connectivity index (χ3n) is 3.38. The third kappa shape index (κ3) is 2.18. The molecule has 1 heterocycles. The summed E-state index contributed by atoms with van der Waals surface area (Å²) in [4.78, 5) is 0. The quantitative estimate of drug-likeness (QED) is 0.765. The summed E-state index contributed by atoms with van der Waals surface area (Å²) in [7, 11) is 1.91. The molecule has 0 saturated heterocycles. The summed E-state index contributed by atoms with van der Waals surface area (Å²) in [5.74, 6) is 0.266. The van der Waals surface area contributed by atoms with Gasteiger partial charge in [0.25, 0.3) is 0 Å². The van der Waals surface area contributed by atoms with E-state index in [1.165, 1.54) is 0 Å². The molecule has 0 aliphatic carbocycles. The van der Waals surface area contributed by atoms with E-state index in [0.717, 1.165) is 28.1 Å². The Bertz CT molecular complexity index is 745. The molecule has 0 fully saturated rings. The van der Waals surface area contributed by atoms with Gasteiger partial charge in [-0.05, 0) is 36.2 Å². The summed E-state index contributed by atoms with van der Waals surface area (Å²) in [6, 6.07) is 17.7. The van der Waals surface area contributed by atoms with Gasteiger partial charge in [0.2, 0.25) is 0 Å². The molecule has 100 valence electrons. The van der Waals surface area contributed by atoms with E-state index < -0.39 is 0 Å². The molecule has 3 heteroatoms. The summed E-state index contributed by atoms with van der Waals surface area (Å²) in [6.07, 6.45) is 0. The Labute approximate surface area is 118 Å². The number of hydrogen-bond acceptors (Lipinski definition) is 2. The van der Waals surface area contributed by atoms with Crippen LogP contribution in [0.25, 0.3) is 22.5 Å². The lowest BCUT2D eigenvalue weighted by molar-refractivity contribution is 0.476. The lowest BCUT2D eigenvalue weighted by Crippen LogP contribution is -1.93. The summed E-state index contributed by atoms with van der Waals surface area (Å²) in [5, 5.41) is 14.6. The second-order valence-corrected chi connectivity index (χ2v) is 4.93. The highest BCUT2D eigenvalue weighted by atomic mass is 16.3. The number of phenolic OH excluding ortho intramolecular Hbond substituents is 1. The van der Waals surface area contributed by atoms with E-state index in [9.17, 15) is 5.11 Å². The van der Waals surface area contributed by atoms with Gasteiger partial charge in [0.05, 0.1) is 11.4 Å². The lowest BCUT2D eigenvalue weighted by Gasteiger charge is -2.01. The standard InChI is InChI=1S/C17H16N2O/c1-12-8-9-14(17(20)10-12)15-11-16(19(2)18-15)13-6-4-3-5-7-13/h3-11,20H,1-2H3. The van der Waals surface area contributed by atoms with Crippen molar-refractivity contribution in [3.05, 3.63) is 60.2 Å². The second-order valence-electron chi connectivity index (χ2n) is 4.93. The van der Waals surface area contributed by atoms with Crippen molar-refractivity contribution in [3.8, 4) is 28.3 Å². The van der Waals surface area contributed by atoms with Gasteiger partial charge in [0, 0.05) is 12.6 Å². The maximum absolute atomic E-state index is 10.1. The first-order valence-corrected chi connectivity index (χ1v) is 6.54. The van der Waals surface area contributed by atoms with Crippen LogP contribution in [-0.2, 0) is 7.05 Å². The first-order valence-electron chi connectivity index (χ1n) is 6.54. The second kappa shape index (κ2) is 4.85. The molecule has 0 atom stereocenters. The van der Waals surface area contributed by atoms with Gasteiger partial charge in [-0.15, -0.1) is 0 Å². The Balaban J connectivity index is 2.09. The van der Waals surface area contributed by atoms with Gasteiger partial charge in [-0.1, -0.05) is 36.4 Å². The average Bonchev–Trinajstić information content (AvgIpc) is 2.81. The fraction of sp³-hybridized carbons (Fsp3) is 0.118. The zero-order valence-electron chi connectivity index (χ0n) is 11.5. The van der Waals surface area contributed by atoms with Crippen LogP contribution in [0.5, 0.6) is 5.75 Å². The molecule has 0 saturated carbocycles. The number of benzene rings is 2. The first kappa shape index (κ1) is 12.5. The monoisotopic (exact) mass is 264 g/mol. The molecule has 0 bridgehead atoms. The highest BCUT2D eigenvalue weighted by molar-refractivity contribution is 5.72. The molecule has 0 aliphatic heterocycles. The summed E-state index contributed by atoms with van der Waals surface area (Å²) >= 11 is 0. The average molecular weight is 264 g/mol. The smallest absolute Gasteiger partial charge is 0.125 e. The molecule has 3 rings (SSSR count). The van der Waals surface area contributed by atoms with Crippen LogP contribution in [0.15, 0.2) is 54.6 Å². The van der Waals surface area contributed by atoms with Crippen molar-refractivity contribution in [2.24, 2.45) is 7.05 Å². The number of rotatable bonds is 2. The Morgan fingerprint density at radius 1 is 1.00 bits per heavy atom. The van der Waals surface area contributed by atoms with Crippen LogP contribution in [0.3, 0.4) is 0 Å². The van der Waals surface area contributed by atoms with Gasteiger partial charge in [-0.2, -0.15) is 5.10 Å². The van der Waals surface area contributed by atoms with Crippen LogP contribution in [0, 0.1) is 6.92 Å². The van der Waals surface area contributed by atoms with Gasteiger partial charge < -0.3 is 5.11 Å². The van der Waals surface area contributed by atoms with E-state index >= 15 is 0 Å². The first-order chi connectivity index (χ1) is 9.65. The maximum atomic E-state index is 10.1. The van der Waals surface area contributed by atoms with E-state index in [4.69, 9.17) is 0 Å². The van der Waals surface area contributed by atoms with E-state index in [1.54, 1.807) is 6.07 Å². The van der Waals surface area contributed by atoms with E-state index in [-0.39, 0.29) is 5.75 Å². The Morgan fingerprint density at radius 3 is 2.45 bits per heavy atom. The SMILES string of the molecule is Cc1ccc(-c2cc(-c3ccccc3)n(C)n2)c(O)c1. The van der Waals surface area contributed by atoms with E-state index in [1.807, 2.05) is 55.1 Å². The van der Waals surface area contributed by atoms with Crippen LogP contribution >= 0.6 is 0 Å². The molecule has 0 amide bonds. The zero-order valence-corrected chi connectivity index (χ0v) is 11.5. The number of aromatic nitrogens is 2. The largest absolute Gasteiger partial charge is 0.507 e. The fourth-order valence-corrected chi connectivity index (χ4v) is 2.34. The molecule has 1 N–H and O–H groups in total. The fourth-order valence-electron chi connectivity index (χ4n) is 2.34. The maximum Gasteiger partial charge on any atom is 0.125 e. The van der Waals surface area contributed by atoms with Crippen molar-refractivity contribution in [2.45, 2.75) is 6.92 Å². The van der Waals surface area contributed by atoms with Crippen molar-refractivity contribution in [2.75, 3.05) is 0 Å². The Hall–Kier alpha value is -2.55. The minimum absolute atomic E-state index is 0.266. The van der Waals surface area contributed by atoms with Crippen molar-refractivity contribution >= 4 is 0 Å². The van der Waals surface area contributed by atoms with Gasteiger partial charge in [0.1, 0.15) is 5.75 Å². The number of hydrogen-bond donors (Lipinski definition) is 1. The number of aromatic hydroxyl groups is 1. The predicted octanol–water partition coefficient (Wildman–Crippen LogP) is 3.77. The van der Waals surface area contributed by atoms with Crippen LogP contribution < -0.4 is 0 Å². The topological polar surface area (TPSA) is 38.0 Å². The Kier molecular flexibility index (Phi) is 3.03. The highest BCUT2D eigenvalue weighted by Crippen LogP contribution is 2.31. The molecule has 2 aromatic carbocycles. The normalized spacial score (nSPS) is 10.7. The lowest BCUT2D eigenvalue weighted by atomic mass is 10.1. The third-order valence-corrected chi connectivity index (χ3v) is 3.38. The van der Waals surface area contributed by atoms with Crippen LogP contribution in [0.2, 0.25) is 0 Å². The molecular weight excluding hydrogens is 248 g/mol. The molecule has 20 heavy (non-hydrogen) atoms. The van der Waals surface area contributed by atoms with E-state index in [2.05, 4.69) is 17.2 Å². The van der Waals surface area contributed by atoms with E-state index in [0.29, 0.717) is 0 Å². The van der Waals surface area contributed by atoms with Crippen LogP contribution in [0.4, 0.5) is 0 Å². The molecular formula is C17H16N2O. The van der Waals surface area contributed by atoms with Gasteiger partial charge in [-0.25, -0.2) is 0 Å². The summed E-state index contributed by atoms with van der Waals surface area (Å²) < 4.78 is 1.84. The van der Waals surface area contributed by atoms with Crippen LogP contribution in [0.1, 0.15) is 5.56 Å². The van der Waals surface area contributed by atoms with Crippen molar-refractivity contribution < 1.29 is 5.11 Å². The number of aryl methyl sites for hydroxylation is 2. The Morgan fingerprint density at radius 2 is 1.75 bits per heavy atom.